The highest BCUT2D eigenvalue weighted by molar-refractivity contribution is 8.00. The van der Waals surface area contributed by atoms with Crippen LogP contribution in [0.2, 0.25) is 0 Å². The average molecular weight is 384 g/mol. The molecule has 1 aromatic carbocycles. The molecule has 0 aliphatic carbocycles. The number of thioether (sulfide) groups is 1. The molecule has 1 unspecified atom stereocenters. The van der Waals surface area contributed by atoms with Gasteiger partial charge in [-0.15, -0.1) is 11.8 Å². The van der Waals surface area contributed by atoms with E-state index in [0.717, 1.165) is 10.5 Å². The smallest absolute Gasteiger partial charge is 0.235 e. The lowest BCUT2D eigenvalue weighted by molar-refractivity contribution is -0.133. The van der Waals surface area contributed by atoms with Crippen molar-refractivity contribution in [2.24, 2.45) is 5.92 Å². The Bertz CT molecular complexity index is 772. The van der Waals surface area contributed by atoms with Crippen LogP contribution in [0.1, 0.15) is 25.3 Å². The van der Waals surface area contributed by atoms with E-state index in [9.17, 15) is 9.59 Å². The molecule has 1 fully saturated rings. The quantitative estimate of drug-likeness (QED) is 0.799. The molecule has 0 spiro atoms. The van der Waals surface area contributed by atoms with Gasteiger partial charge in [0.05, 0.1) is 5.25 Å². The summed E-state index contributed by atoms with van der Waals surface area (Å²) < 4.78 is 0. The van der Waals surface area contributed by atoms with E-state index >= 15 is 0 Å². The third-order valence-electron chi connectivity index (χ3n) is 4.74. The molecule has 1 N–H and O–H groups in total. The summed E-state index contributed by atoms with van der Waals surface area (Å²) in [6.45, 7) is 5.15. The summed E-state index contributed by atoms with van der Waals surface area (Å²) in [6, 6.07) is 13.7. The standard InChI is InChI=1S/C21H25N3O2S/c1-15-8-9-19(22-14-15)23-20(25)17-10-12-24(13-11-17)21(26)16(2)27-18-6-4-3-5-7-18/h3-9,14,16-17H,10-13H2,1-2H3,(H,22,23,25). The lowest BCUT2D eigenvalue weighted by Crippen LogP contribution is -2.44. The number of aryl methyl sites for hydroxylation is 1. The Hall–Kier alpha value is -2.34. The van der Waals surface area contributed by atoms with E-state index in [1.807, 2.05) is 61.2 Å². The summed E-state index contributed by atoms with van der Waals surface area (Å²) in [6.07, 6.45) is 3.11. The van der Waals surface area contributed by atoms with Crippen LogP contribution in [0.25, 0.3) is 0 Å². The number of piperidine rings is 1. The zero-order chi connectivity index (χ0) is 19.2. The number of anilines is 1. The largest absolute Gasteiger partial charge is 0.342 e. The van der Waals surface area contributed by atoms with Crippen molar-refractivity contribution in [3.63, 3.8) is 0 Å². The van der Waals surface area contributed by atoms with Crippen LogP contribution in [0.4, 0.5) is 5.82 Å². The normalized spacial score (nSPS) is 16.0. The number of pyridine rings is 1. The van der Waals surface area contributed by atoms with E-state index in [-0.39, 0.29) is 23.0 Å². The first-order valence-electron chi connectivity index (χ1n) is 9.27. The molecule has 1 aliphatic rings. The molecule has 1 aliphatic heterocycles. The van der Waals surface area contributed by atoms with Crippen molar-refractivity contribution < 1.29 is 9.59 Å². The van der Waals surface area contributed by atoms with Crippen molar-refractivity contribution in [1.82, 2.24) is 9.88 Å². The molecule has 0 radical (unpaired) electrons. The summed E-state index contributed by atoms with van der Waals surface area (Å²) in [5.41, 5.74) is 1.06. The Labute approximate surface area is 164 Å². The van der Waals surface area contributed by atoms with Gasteiger partial charge in [-0.2, -0.15) is 0 Å². The second kappa shape index (κ2) is 9.04. The fraction of sp³-hybridized carbons (Fsp3) is 0.381. The van der Waals surface area contributed by atoms with Crippen LogP contribution in [-0.2, 0) is 9.59 Å². The predicted octanol–water partition coefficient (Wildman–Crippen LogP) is 3.75. The van der Waals surface area contributed by atoms with Gasteiger partial charge in [-0.1, -0.05) is 24.3 Å². The molecule has 142 valence electrons. The predicted molar refractivity (Wildman–Crippen MR) is 109 cm³/mol. The third-order valence-corrected chi connectivity index (χ3v) is 5.84. The van der Waals surface area contributed by atoms with E-state index in [1.165, 1.54) is 0 Å². The molecule has 0 saturated carbocycles. The average Bonchev–Trinajstić information content (AvgIpc) is 2.70. The molecule has 1 atom stereocenters. The van der Waals surface area contributed by atoms with Crippen molar-refractivity contribution in [2.75, 3.05) is 18.4 Å². The lowest BCUT2D eigenvalue weighted by Gasteiger charge is -2.32. The summed E-state index contributed by atoms with van der Waals surface area (Å²) in [5.74, 6) is 0.638. The molecular weight excluding hydrogens is 358 g/mol. The molecule has 2 amide bonds. The zero-order valence-electron chi connectivity index (χ0n) is 15.7. The van der Waals surface area contributed by atoms with Gasteiger partial charge in [0.25, 0.3) is 0 Å². The van der Waals surface area contributed by atoms with E-state index < -0.39 is 0 Å². The Morgan fingerprint density at radius 1 is 1.15 bits per heavy atom. The van der Waals surface area contributed by atoms with Gasteiger partial charge >= 0.3 is 0 Å². The van der Waals surface area contributed by atoms with Crippen LogP contribution in [0.15, 0.2) is 53.6 Å². The summed E-state index contributed by atoms with van der Waals surface area (Å²) >= 11 is 1.58. The molecule has 3 rings (SSSR count). The Balaban J connectivity index is 1.48. The van der Waals surface area contributed by atoms with Crippen molar-refractivity contribution in [2.45, 2.75) is 36.8 Å². The second-order valence-electron chi connectivity index (χ2n) is 6.88. The van der Waals surface area contributed by atoms with Gasteiger partial charge in [0.15, 0.2) is 0 Å². The monoisotopic (exact) mass is 383 g/mol. The highest BCUT2D eigenvalue weighted by atomic mass is 32.2. The van der Waals surface area contributed by atoms with Gasteiger partial charge in [-0.25, -0.2) is 4.98 Å². The molecule has 2 heterocycles. The van der Waals surface area contributed by atoms with Gasteiger partial charge < -0.3 is 10.2 Å². The van der Waals surface area contributed by atoms with Crippen LogP contribution < -0.4 is 5.32 Å². The highest BCUT2D eigenvalue weighted by Crippen LogP contribution is 2.26. The van der Waals surface area contributed by atoms with E-state index in [2.05, 4.69) is 10.3 Å². The minimum absolute atomic E-state index is 0.00911. The Kier molecular flexibility index (Phi) is 6.50. The number of rotatable bonds is 5. The molecule has 2 aromatic rings. The number of amides is 2. The molecule has 6 heteroatoms. The van der Waals surface area contributed by atoms with Gasteiger partial charge in [-0.05, 0) is 50.5 Å². The number of hydrogen-bond donors (Lipinski definition) is 1. The molecular formula is C21H25N3O2S. The van der Waals surface area contributed by atoms with Crippen molar-refractivity contribution in [1.29, 1.82) is 0 Å². The molecule has 1 saturated heterocycles. The van der Waals surface area contributed by atoms with Crippen LogP contribution in [-0.4, -0.2) is 40.0 Å². The van der Waals surface area contributed by atoms with E-state index in [1.54, 1.807) is 18.0 Å². The fourth-order valence-corrected chi connectivity index (χ4v) is 4.12. The maximum absolute atomic E-state index is 12.7. The van der Waals surface area contributed by atoms with Gasteiger partial charge in [0, 0.05) is 30.1 Å². The third kappa shape index (κ3) is 5.32. The highest BCUT2D eigenvalue weighted by Gasteiger charge is 2.29. The van der Waals surface area contributed by atoms with Gasteiger partial charge in [0.2, 0.25) is 11.8 Å². The number of nitrogens with zero attached hydrogens (tertiary/aromatic N) is 2. The first-order chi connectivity index (χ1) is 13.0. The number of nitrogens with one attached hydrogen (secondary N) is 1. The summed E-state index contributed by atoms with van der Waals surface area (Å²) in [5, 5.41) is 2.75. The first-order valence-corrected chi connectivity index (χ1v) is 10.1. The molecule has 27 heavy (non-hydrogen) atoms. The minimum Gasteiger partial charge on any atom is -0.342 e. The number of hydrogen-bond acceptors (Lipinski definition) is 4. The van der Waals surface area contributed by atoms with E-state index in [0.29, 0.717) is 31.7 Å². The van der Waals surface area contributed by atoms with Crippen LogP contribution >= 0.6 is 11.8 Å². The number of likely N-dealkylation sites (tertiary alicyclic amines) is 1. The minimum atomic E-state index is -0.130. The first kappa shape index (κ1) is 19.4. The SMILES string of the molecule is Cc1ccc(NC(=O)C2CCN(C(=O)C(C)Sc3ccccc3)CC2)nc1. The molecule has 0 bridgehead atoms. The summed E-state index contributed by atoms with van der Waals surface area (Å²) in [4.78, 5) is 32.3. The number of aromatic nitrogens is 1. The van der Waals surface area contributed by atoms with Gasteiger partial charge in [0.1, 0.15) is 5.82 Å². The topological polar surface area (TPSA) is 62.3 Å². The number of carbonyl (C=O) groups excluding carboxylic acids is 2. The molecule has 5 nitrogen and oxygen atoms in total. The number of carbonyl (C=O) groups is 2. The Morgan fingerprint density at radius 3 is 2.48 bits per heavy atom. The van der Waals surface area contributed by atoms with E-state index in [4.69, 9.17) is 0 Å². The molecule has 1 aromatic heterocycles. The Morgan fingerprint density at radius 2 is 1.85 bits per heavy atom. The van der Waals surface area contributed by atoms with Crippen LogP contribution in [0.5, 0.6) is 0 Å². The van der Waals surface area contributed by atoms with Crippen LogP contribution in [0, 0.1) is 12.8 Å². The maximum atomic E-state index is 12.7. The maximum Gasteiger partial charge on any atom is 0.235 e. The fourth-order valence-electron chi connectivity index (χ4n) is 3.14. The van der Waals surface area contributed by atoms with Crippen molar-refractivity contribution >= 4 is 29.4 Å². The number of benzene rings is 1. The van der Waals surface area contributed by atoms with Crippen molar-refractivity contribution in [3.8, 4) is 0 Å². The van der Waals surface area contributed by atoms with Crippen molar-refractivity contribution in [3.05, 3.63) is 54.2 Å². The van der Waals surface area contributed by atoms with Crippen LogP contribution in [0.3, 0.4) is 0 Å². The second-order valence-corrected chi connectivity index (χ2v) is 8.30. The lowest BCUT2D eigenvalue weighted by atomic mass is 9.95. The summed E-state index contributed by atoms with van der Waals surface area (Å²) in [7, 11) is 0. The van der Waals surface area contributed by atoms with Gasteiger partial charge in [-0.3, -0.25) is 9.59 Å². The zero-order valence-corrected chi connectivity index (χ0v) is 16.5.